The van der Waals surface area contributed by atoms with Crippen LogP contribution in [0.1, 0.15) is 16.8 Å². The lowest BCUT2D eigenvalue weighted by Crippen LogP contribution is -2.35. The average Bonchev–Trinajstić information content (AvgIpc) is 2.93. The van der Waals surface area contributed by atoms with E-state index in [0.29, 0.717) is 29.5 Å². The Morgan fingerprint density at radius 1 is 1.10 bits per heavy atom. The number of likely N-dealkylation sites (N-methyl/N-ethyl adjacent to an activating group) is 1. The summed E-state index contributed by atoms with van der Waals surface area (Å²) in [7, 11) is 2.02. The fraction of sp³-hybridized carbons (Fsp3) is 0.286. The van der Waals surface area contributed by atoms with Gasteiger partial charge in [-0.3, -0.25) is 14.2 Å². The van der Waals surface area contributed by atoms with Crippen LogP contribution in [-0.4, -0.2) is 63.3 Å². The first-order valence-electron chi connectivity index (χ1n) is 9.76. The van der Waals surface area contributed by atoms with E-state index in [-0.39, 0.29) is 28.3 Å². The van der Waals surface area contributed by atoms with Crippen LogP contribution >= 0.6 is 0 Å². The van der Waals surface area contributed by atoms with E-state index >= 15 is 0 Å². The van der Waals surface area contributed by atoms with E-state index in [2.05, 4.69) is 14.9 Å². The predicted molar refractivity (Wildman–Crippen MR) is 110 cm³/mol. The van der Waals surface area contributed by atoms with Crippen LogP contribution in [0.15, 0.2) is 30.6 Å². The van der Waals surface area contributed by atoms with Gasteiger partial charge in [0, 0.05) is 49.5 Å². The normalized spacial score (nSPS) is 15.9. The number of nitrogens with two attached hydrogens (primary N) is 1. The standard InChI is InChI=1S/C21H20F2N6O/c1-27-5-2-6-28(8-7-27)21(30)18-19(24)12-11-25-4-3-16(12)29-17-10-14(23)13(22)9-15(17)26-20(18)29/h3-4,9-11H,2,5-8,24H2,1H3. The number of nitrogens with zero attached hydrogens (tertiary/aromatic N) is 5. The molecule has 3 aromatic heterocycles. The summed E-state index contributed by atoms with van der Waals surface area (Å²) in [4.78, 5) is 26.1. The number of aromatic nitrogens is 3. The van der Waals surface area contributed by atoms with Crippen molar-refractivity contribution < 1.29 is 13.6 Å². The van der Waals surface area contributed by atoms with Crippen LogP contribution in [0.5, 0.6) is 0 Å². The van der Waals surface area contributed by atoms with Crippen molar-refractivity contribution in [2.45, 2.75) is 6.42 Å². The van der Waals surface area contributed by atoms with Gasteiger partial charge in [-0.15, -0.1) is 0 Å². The smallest absolute Gasteiger partial charge is 0.259 e. The van der Waals surface area contributed by atoms with Crippen molar-refractivity contribution in [1.82, 2.24) is 24.2 Å². The minimum Gasteiger partial charge on any atom is -0.397 e. The highest BCUT2D eigenvalue weighted by molar-refractivity contribution is 6.13. The van der Waals surface area contributed by atoms with E-state index < -0.39 is 11.6 Å². The van der Waals surface area contributed by atoms with Gasteiger partial charge in [0.05, 0.1) is 22.2 Å². The Balaban J connectivity index is 1.82. The SMILES string of the molecule is CN1CCCN(C(=O)c2c(N)c3cnccc3n3c2nc2cc(F)c(F)cc23)CC1. The van der Waals surface area contributed by atoms with Gasteiger partial charge in [0.15, 0.2) is 17.3 Å². The van der Waals surface area contributed by atoms with Crippen LogP contribution in [0.2, 0.25) is 0 Å². The van der Waals surface area contributed by atoms with Crippen molar-refractivity contribution in [2.75, 3.05) is 39.0 Å². The number of benzene rings is 1. The fourth-order valence-electron chi connectivity index (χ4n) is 4.15. The molecule has 0 saturated carbocycles. The number of halogens is 2. The first-order valence-corrected chi connectivity index (χ1v) is 9.76. The second-order valence-electron chi connectivity index (χ2n) is 7.66. The van der Waals surface area contributed by atoms with Gasteiger partial charge in [-0.25, -0.2) is 13.8 Å². The highest BCUT2D eigenvalue weighted by Gasteiger charge is 2.27. The lowest BCUT2D eigenvalue weighted by molar-refractivity contribution is 0.0765. The highest BCUT2D eigenvalue weighted by atomic mass is 19.2. The second kappa shape index (κ2) is 6.88. The van der Waals surface area contributed by atoms with Crippen LogP contribution in [-0.2, 0) is 0 Å². The molecule has 4 aromatic rings. The number of anilines is 1. The molecule has 1 aromatic carbocycles. The lowest BCUT2D eigenvalue weighted by Gasteiger charge is -2.22. The van der Waals surface area contributed by atoms with Gasteiger partial charge >= 0.3 is 0 Å². The number of amides is 1. The first kappa shape index (κ1) is 18.7. The zero-order chi connectivity index (χ0) is 21.0. The van der Waals surface area contributed by atoms with Crippen LogP contribution < -0.4 is 5.73 Å². The van der Waals surface area contributed by atoms with Crippen LogP contribution in [0.3, 0.4) is 0 Å². The molecule has 0 unspecified atom stereocenters. The van der Waals surface area contributed by atoms with Crippen molar-refractivity contribution in [1.29, 1.82) is 0 Å². The van der Waals surface area contributed by atoms with Crippen LogP contribution in [0.25, 0.3) is 27.6 Å². The summed E-state index contributed by atoms with van der Waals surface area (Å²) in [6, 6.07) is 3.85. The molecule has 1 saturated heterocycles. The summed E-state index contributed by atoms with van der Waals surface area (Å²) in [5.41, 5.74) is 8.47. The van der Waals surface area contributed by atoms with Gasteiger partial charge < -0.3 is 15.5 Å². The van der Waals surface area contributed by atoms with E-state index in [9.17, 15) is 13.6 Å². The summed E-state index contributed by atoms with van der Waals surface area (Å²) in [5.74, 6) is -2.21. The Bertz CT molecular complexity index is 1320. The number of pyridine rings is 2. The molecule has 0 atom stereocenters. The summed E-state index contributed by atoms with van der Waals surface area (Å²) in [5, 5.41) is 0.560. The minimum absolute atomic E-state index is 0.233. The number of carbonyl (C=O) groups excluding carboxylic acids is 1. The van der Waals surface area contributed by atoms with Gasteiger partial charge in [-0.2, -0.15) is 0 Å². The largest absolute Gasteiger partial charge is 0.397 e. The van der Waals surface area contributed by atoms with E-state index in [1.165, 1.54) is 0 Å². The number of nitrogen functional groups attached to an aromatic ring is 1. The van der Waals surface area contributed by atoms with E-state index in [1.807, 2.05) is 7.05 Å². The molecule has 0 bridgehead atoms. The topological polar surface area (TPSA) is 79.8 Å². The van der Waals surface area contributed by atoms with Crippen molar-refractivity contribution >= 4 is 39.2 Å². The highest BCUT2D eigenvalue weighted by Crippen LogP contribution is 2.33. The van der Waals surface area contributed by atoms with Gasteiger partial charge in [0.2, 0.25) is 0 Å². The minimum atomic E-state index is -0.992. The van der Waals surface area contributed by atoms with Gasteiger partial charge in [0.25, 0.3) is 5.91 Å². The molecule has 1 aliphatic rings. The maximum absolute atomic E-state index is 14.0. The van der Waals surface area contributed by atoms with Gasteiger partial charge in [-0.05, 0) is 26.1 Å². The molecule has 5 rings (SSSR count). The molecular weight excluding hydrogens is 390 g/mol. The number of hydrogen-bond donors (Lipinski definition) is 1. The lowest BCUT2D eigenvalue weighted by atomic mass is 10.1. The summed E-state index contributed by atoms with van der Waals surface area (Å²) >= 11 is 0. The maximum Gasteiger partial charge on any atom is 0.259 e. The third-order valence-corrected chi connectivity index (χ3v) is 5.74. The van der Waals surface area contributed by atoms with Crippen molar-refractivity contribution in [3.63, 3.8) is 0 Å². The Hall–Kier alpha value is -3.33. The number of fused-ring (bicyclic) bond motifs is 5. The fourth-order valence-corrected chi connectivity index (χ4v) is 4.15. The molecule has 0 spiro atoms. The summed E-state index contributed by atoms with van der Waals surface area (Å²) in [6.07, 6.45) is 4.00. The molecule has 7 nitrogen and oxygen atoms in total. The predicted octanol–water partition coefficient (Wildman–Crippen LogP) is 2.67. The van der Waals surface area contributed by atoms with Gasteiger partial charge in [0.1, 0.15) is 5.56 Å². The molecule has 2 N–H and O–H groups in total. The molecule has 154 valence electrons. The summed E-state index contributed by atoms with van der Waals surface area (Å²) in [6.45, 7) is 2.82. The number of rotatable bonds is 1. The van der Waals surface area contributed by atoms with Crippen LogP contribution in [0, 0.1) is 11.6 Å². The molecule has 30 heavy (non-hydrogen) atoms. The Morgan fingerprint density at radius 2 is 1.90 bits per heavy atom. The Morgan fingerprint density at radius 3 is 2.73 bits per heavy atom. The zero-order valence-electron chi connectivity index (χ0n) is 16.4. The molecular formula is C21H20F2N6O. The molecule has 9 heteroatoms. The number of hydrogen-bond acceptors (Lipinski definition) is 5. The van der Waals surface area contributed by atoms with Crippen LogP contribution in [0.4, 0.5) is 14.5 Å². The average molecular weight is 410 g/mol. The summed E-state index contributed by atoms with van der Waals surface area (Å²) < 4.78 is 29.6. The third-order valence-electron chi connectivity index (χ3n) is 5.74. The quantitative estimate of drug-likeness (QED) is 0.522. The Kier molecular flexibility index (Phi) is 4.28. The second-order valence-corrected chi connectivity index (χ2v) is 7.66. The zero-order valence-corrected chi connectivity index (χ0v) is 16.4. The van der Waals surface area contributed by atoms with Gasteiger partial charge in [-0.1, -0.05) is 0 Å². The van der Waals surface area contributed by atoms with E-state index in [4.69, 9.17) is 5.73 Å². The molecule has 0 radical (unpaired) electrons. The van der Waals surface area contributed by atoms with Crippen molar-refractivity contribution in [3.8, 4) is 0 Å². The molecule has 1 fully saturated rings. The first-order chi connectivity index (χ1) is 14.5. The van der Waals surface area contributed by atoms with E-state index in [1.54, 1.807) is 27.8 Å². The van der Waals surface area contributed by atoms with Crippen molar-refractivity contribution in [3.05, 3.63) is 47.8 Å². The monoisotopic (exact) mass is 410 g/mol. The van der Waals surface area contributed by atoms with E-state index in [0.717, 1.165) is 31.6 Å². The number of imidazole rings is 1. The third kappa shape index (κ3) is 2.77. The Labute approximate surface area is 170 Å². The maximum atomic E-state index is 14.0. The molecule has 4 heterocycles. The molecule has 1 aliphatic heterocycles. The number of carbonyl (C=O) groups is 1. The van der Waals surface area contributed by atoms with Crippen molar-refractivity contribution in [2.24, 2.45) is 0 Å². The molecule has 1 amide bonds. The molecule has 0 aliphatic carbocycles.